The van der Waals surface area contributed by atoms with Crippen molar-refractivity contribution in [2.45, 2.75) is 51.7 Å². The number of nitrogens with two attached hydrogens (primary N) is 2. The van der Waals surface area contributed by atoms with Crippen molar-refractivity contribution >= 4 is 23.6 Å². The fourth-order valence-corrected chi connectivity index (χ4v) is 4.40. The molecule has 0 saturated carbocycles. The first-order valence-corrected chi connectivity index (χ1v) is 11.5. The number of amides is 2. The van der Waals surface area contributed by atoms with E-state index in [2.05, 4.69) is 4.99 Å². The molecule has 2 amide bonds. The second-order valence-electron chi connectivity index (χ2n) is 8.64. The molecule has 3 rings (SSSR count). The molecular weight excluding hydrogens is 429 g/mol. The SMILES string of the molecule is CC(=O)N1CCC(OCCC2CCN(c3cccc(COC(=O)N=C(N)N)c3F)CC2)CC1. The highest BCUT2D eigenvalue weighted by Crippen LogP contribution is 2.29. The minimum atomic E-state index is -0.952. The molecule has 0 spiro atoms. The molecule has 0 bridgehead atoms. The maximum atomic E-state index is 15.0. The van der Waals surface area contributed by atoms with Gasteiger partial charge in [0, 0.05) is 45.3 Å². The molecule has 2 fully saturated rings. The Morgan fingerprint density at radius 2 is 1.82 bits per heavy atom. The van der Waals surface area contributed by atoms with Crippen LogP contribution < -0.4 is 16.4 Å². The zero-order chi connectivity index (χ0) is 23.8. The van der Waals surface area contributed by atoms with Crippen LogP contribution in [0.4, 0.5) is 14.9 Å². The van der Waals surface area contributed by atoms with E-state index < -0.39 is 17.9 Å². The first kappa shape index (κ1) is 24.8. The molecule has 0 aromatic heterocycles. The molecule has 2 heterocycles. The molecule has 4 N–H and O–H groups in total. The Morgan fingerprint density at radius 3 is 2.45 bits per heavy atom. The van der Waals surface area contributed by atoms with E-state index in [1.54, 1.807) is 25.1 Å². The molecule has 0 atom stereocenters. The summed E-state index contributed by atoms with van der Waals surface area (Å²) < 4.78 is 26.0. The lowest BCUT2D eigenvalue weighted by atomic mass is 9.93. The van der Waals surface area contributed by atoms with E-state index in [9.17, 15) is 14.0 Å². The number of hydrogen-bond acceptors (Lipinski definition) is 5. The maximum Gasteiger partial charge on any atom is 0.437 e. The average molecular weight is 464 g/mol. The highest BCUT2D eigenvalue weighted by atomic mass is 19.1. The van der Waals surface area contributed by atoms with Crippen molar-refractivity contribution < 1.29 is 23.5 Å². The molecule has 33 heavy (non-hydrogen) atoms. The van der Waals surface area contributed by atoms with Crippen molar-refractivity contribution in [3.63, 3.8) is 0 Å². The van der Waals surface area contributed by atoms with Gasteiger partial charge < -0.3 is 30.7 Å². The number of ether oxygens (including phenoxy) is 2. The van der Waals surface area contributed by atoms with Crippen molar-refractivity contribution in [1.82, 2.24) is 4.90 Å². The van der Waals surface area contributed by atoms with Crippen LogP contribution in [0.2, 0.25) is 0 Å². The summed E-state index contributed by atoms with van der Waals surface area (Å²) in [6.07, 6.45) is 4.00. The van der Waals surface area contributed by atoms with E-state index in [1.165, 1.54) is 0 Å². The van der Waals surface area contributed by atoms with Gasteiger partial charge in [-0.05, 0) is 44.1 Å². The number of anilines is 1. The number of carbonyl (C=O) groups excluding carboxylic acids is 2. The fraction of sp³-hybridized carbons (Fsp3) is 0.609. The lowest BCUT2D eigenvalue weighted by Gasteiger charge is -2.35. The molecule has 2 saturated heterocycles. The molecule has 0 aliphatic carbocycles. The van der Waals surface area contributed by atoms with Gasteiger partial charge in [0.1, 0.15) is 6.61 Å². The highest BCUT2D eigenvalue weighted by Gasteiger charge is 2.24. The molecule has 0 unspecified atom stereocenters. The van der Waals surface area contributed by atoms with Crippen LogP contribution in [0.25, 0.3) is 0 Å². The van der Waals surface area contributed by atoms with E-state index in [1.807, 2.05) is 9.80 Å². The quantitative estimate of drug-likeness (QED) is 0.470. The van der Waals surface area contributed by atoms with E-state index in [0.717, 1.165) is 64.9 Å². The van der Waals surface area contributed by atoms with Gasteiger partial charge in [0.25, 0.3) is 0 Å². The fourth-order valence-electron chi connectivity index (χ4n) is 4.40. The smallest absolute Gasteiger partial charge is 0.437 e. The van der Waals surface area contributed by atoms with Gasteiger partial charge in [-0.25, -0.2) is 9.18 Å². The van der Waals surface area contributed by atoms with Gasteiger partial charge in [0.05, 0.1) is 11.8 Å². The summed E-state index contributed by atoms with van der Waals surface area (Å²) in [6, 6.07) is 5.07. The van der Waals surface area contributed by atoms with Crippen LogP contribution in [0.3, 0.4) is 0 Å². The van der Waals surface area contributed by atoms with Crippen LogP contribution in [-0.2, 0) is 20.9 Å². The molecule has 1 aromatic rings. The highest BCUT2D eigenvalue weighted by molar-refractivity contribution is 5.87. The Hall–Kier alpha value is -2.88. The monoisotopic (exact) mass is 463 g/mol. The second kappa shape index (κ2) is 11.8. The lowest BCUT2D eigenvalue weighted by molar-refractivity contribution is -0.131. The number of guanidine groups is 1. The second-order valence-corrected chi connectivity index (χ2v) is 8.64. The topological polar surface area (TPSA) is 123 Å². The summed E-state index contributed by atoms with van der Waals surface area (Å²) in [5.41, 5.74) is 11.1. The Labute approximate surface area is 193 Å². The Kier molecular flexibility index (Phi) is 8.87. The Bertz CT molecular complexity index is 845. The van der Waals surface area contributed by atoms with Gasteiger partial charge >= 0.3 is 6.09 Å². The van der Waals surface area contributed by atoms with Gasteiger partial charge in [-0.2, -0.15) is 0 Å². The Morgan fingerprint density at radius 1 is 1.12 bits per heavy atom. The minimum Gasteiger partial charge on any atom is -0.443 e. The van der Waals surface area contributed by atoms with Gasteiger partial charge in [-0.15, -0.1) is 4.99 Å². The van der Waals surface area contributed by atoms with Crippen LogP contribution in [-0.4, -0.2) is 61.7 Å². The van der Waals surface area contributed by atoms with Crippen molar-refractivity contribution in [2.24, 2.45) is 22.4 Å². The number of likely N-dealkylation sites (tertiary alicyclic amines) is 1. The number of aliphatic imine (C=N–C) groups is 1. The van der Waals surface area contributed by atoms with Crippen molar-refractivity contribution in [1.29, 1.82) is 0 Å². The summed E-state index contributed by atoms with van der Waals surface area (Å²) in [7, 11) is 0. The van der Waals surface area contributed by atoms with Gasteiger partial charge in [-0.3, -0.25) is 4.79 Å². The zero-order valence-corrected chi connectivity index (χ0v) is 19.2. The number of hydrogen-bond donors (Lipinski definition) is 2. The summed E-state index contributed by atoms with van der Waals surface area (Å²) in [6.45, 7) is 5.16. The number of piperidine rings is 2. The normalized spacial score (nSPS) is 17.6. The molecule has 2 aliphatic rings. The summed E-state index contributed by atoms with van der Waals surface area (Å²) in [5.74, 6) is -0.117. The first-order valence-electron chi connectivity index (χ1n) is 11.5. The molecule has 10 heteroatoms. The largest absolute Gasteiger partial charge is 0.443 e. The number of halogens is 1. The number of nitrogens with zero attached hydrogens (tertiary/aromatic N) is 3. The lowest BCUT2D eigenvalue weighted by Crippen LogP contribution is -2.40. The van der Waals surface area contributed by atoms with Gasteiger partial charge in [-0.1, -0.05) is 12.1 Å². The van der Waals surface area contributed by atoms with Crippen LogP contribution in [0, 0.1) is 11.7 Å². The molecular formula is C23H34FN5O4. The predicted octanol–water partition coefficient (Wildman–Crippen LogP) is 2.37. The van der Waals surface area contributed by atoms with Crippen LogP contribution in [0.5, 0.6) is 0 Å². The van der Waals surface area contributed by atoms with Gasteiger partial charge in [0.2, 0.25) is 5.91 Å². The standard InChI is InChI=1S/C23H34FN5O4/c1-16(30)28-12-7-19(8-13-28)32-14-9-17-5-10-29(11-6-17)20-4-2-3-18(21(20)24)15-33-23(31)27-22(25)26/h2-4,17,19H,5-15H2,1H3,(H4,25,26,27,31). The van der Waals surface area contributed by atoms with Crippen molar-refractivity contribution in [3.05, 3.63) is 29.6 Å². The van der Waals surface area contributed by atoms with Gasteiger partial charge in [0.15, 0.2) is 11.8 Å². The average Bonchev–Trinajstić information content (AvgIpc) is 2.79. The Balaban J connectivity index is 1.41. The minimum absolute atomic E-state index is 0.133. The third kappa shape index (κ3) is 7.31. The third-order valence-electron chi connectivity index (χ3n) is 6.35. The molecule has 0 radical (unpaired) electrons. The number of rotatable bonds is 7. The van der Waals surface area contributed by atoms with Crippen molar-refractivity contribution in [2.75, 3.05) is 37.7 Å². The third-order valence-corrected chi connectivity index (χ3v) is 6.35. The predicted molar refractivity (Wildman–Crippen MR) is 123 cm³/mol. The summed E-state index contributed by atoms with van der Waals surface area (Å²) >= 11 is 0. The molecule has 182 valence electrons. The maximum absolute atomic E-state index is 15.0. The van der Waals surface area contributed by atoms with E-state index in [0.29, 0.717) is 11.6 Å². The number of carbonyl (C=O) groups is 2. The zero-order valence-electron chi connectivity index (χ0n) is 19.2. The van der Waals surface area contributed by atoms with Crippen molar-refractivity contribution in [3.8, 4) is 0 Å². The van der Waals surface area contributed by atoms with Crippen LogP contribution in [0.15, 0.2) is 23.2 Å². The molecule has 9 nitrogen and oxygen atoms in total. The van der Waals surface area contributed by atoms with E-state index in [-0.39, 0.29) is 24.2 Å². The van der Waals surface area contributed by atoms with E-state index in [4.69, 9.17) is 20.9 Å². The number of benzene rings is 1. The molecule has 1 aromatic carbocycles. The summed E-state index contributed by atoms with van der Waals surface area (Å²) in [4.78, 5) is 30.0. The van der Waals surface area contributed by atoms with E-state index >= 15 is 0 Å². The van der Waals surface area contributed by atoms with Crippen LogP contribution >= 0.6 is 0 Å². The van der Waals surface area contributed by atoms with Crippen LogP contribution in [0.1, 0.15) is 44.6 Å². The molecule has 2 aliphatic heterocycles. The summed E-state index contributed by atoms with van der Waals surface area (Å²) in [5, 5.41) is 0. The first-order chi connectivity index (χ1) is 15.8.